The molecular formula is C26H36FN5O5. The Hall–Kier alpha value is -3.76. The SMILES string of the molecule is COc1cc(Nc2nc(N[C@H](C3CCC3)[C@H](C)NC(=O)OC(C)(C)C)c(F)cc2C(N)=O)cc(OC)c1. The number of hydrogen-bond acceptors (Lipinski definition) is 8. The molecule has 1 saturated carbocycles. The summed E-state index contributed by atoms with van der Waals surface area (Å²) in [5.74, 6) is -0.378. The van der Waals surface area contributed by atoms with Crippen LogP contribution in [-0.2, 0) is 4.74 Å². The standard InChI is InChI=1S/C26H36FN5O5/c1-14(29-25(34)37-26(2,3)4)21(15-8-7-9-15)31-24-20(27)13-19(22(28)33)23(32-24)30-16-10-17(35-5)12-18(11-16)36-6/h10-15,21H,7-9H2,1-6H3,(H2,28,33)(H,29,34)(H2,30,31,32)/t14-,21-/m0/s1. The lowest BCUT2D eigenvalue weighted by molar-refractivity contribution is 0.0492. The Morgan fingerprint density at radius 1 is 1.08 bits per heavy atom. The van der Waals surface area contributed by atoms with Gasteiger partial charge in [0.15, 0.2) is 11.6 Å². The van der Waals surface area contributed by atoms with Crippen LogP contribution in [0.3, 0.4) is 0 Å². The van der Waals surface area contributed by atoms with Crippen LogP contribution < -0.4 is 31.2 Å². The number of nitrogens with zero attached hydrogens (tertiary/aromatic N) is 1. The molecule has 1 aromatic heterocycles. The molecule has 5 N–H and O–H groups in total. The maximum Gasteiger partial charge on any atom is 0.407 e. The molecule has 1 fully saturated rings. The molecule has 202 valence electrons. The van der Waals surface area contributed by atoms with Gasteiger partial charge in [0.2, 0.25) is 0 Å². The Morgan fingerprint density at radius 3 is 2.19 bits per heavy atom. The lowest BCUT2D eigenvalue weighted by Gasteiger charge is -2.38. The molecular weight excluding hydrogens is 481 g/mol. The van der Waals surface area contributed by atoms with E-state index >= 15 is 4.39 Å². The number of hydrogen-bond donors (Lipinski definition) is 4. The topological polar surface area (TPSA) is 137 Å². The highest BCUT2D eigenvalue weighted by Crippen LogP contribution is 2.34. The summed E-state index contributed by atoms with van der Waals surface area (Å²) < 4.78 is 31.1. The second-order valence-corrected chi connectivity index (χ2v) is 10.1. The zero-order valence-electron chi connectivity index (χ0n) is 22.1. The van der Waals surface area contributed by atoms with Crippen molar-refractivity contribution in [1.82, 2.24) is 10.3 Å². The average molecular weight is 518 g/mol. The van der Waals surface area contributed by atoms with Gasteiger partial charge >= 0.3 is 6.09 Å². The van der Waals surface area contributed by atoms with Gasteiger partial charge in [-0.1, -0.05) is 6.42 Å². The van der Waals surface area contributed by atoms with Gasteiger partial charge < -0.3 is 35.9 Å². The molecule has 1 aliphatic carbocycles. The van der Waals surface area contributed by atoms with Crippen LogP contribution in [0, 0.1) is 11.7 Å². The summed E-state index contributed by atoms with van der Waals surface area (Å²) in [6.45, 7) is 7.18. The van der Waals surface area contributed by atoms with Crippen molar-refractivity contribution < 1.29 is 28.2 Å². The van der Waals surface area contributed by atoms with Crippen molar-refractivity contribution in [3.8, 4) is 11.5 Å². The third kappa shape index (κ3) is 7.37. The van der Waals surface area contributed by atoms with Crippen LogP contribution in [-0.4, -0.2) is 48.9 Å². The molecule has 0 saturated heterocycles. The average Bonchev–Trinajstić information content (AvgIpc) is 2.77. The number of nitrogens with two attached hydrogens (primary N) is 1. The highest BCUT2D eigenvalue weighted by molar-refractivity contribution is 5.98. The van der Waals surface area contributed by atoms with Gasteiger partial charge in [-0.3, -0.25) is 4.79 Å². The number of rotatable bonds is 10. The number of halogens is 1. The highest BCUT2D eigenvalue weighted by Gasteiger charge is 2.34. The first-order valence-corrected chi connectivity index (χ1v) is 12.2. The van der Waals surface area contributed by atoms with Crippen LogP contribution in [0.25, 0.3) is 0 Å². The molecule has 37 heavy (non-hydrogen) atoms. The van der Waals surface area contributed by atoms with Gasteiger partial charge in [0, 0.05) is 29.9 Å². The van der Waals surface area contributed by atoms with E-state index in [2.05, 4.69) is 20.9 Å². The molecule has 2 atom stereocenters. The minimum Gasteiger partial charge on any atom is -0.497 e. The molecule has 11 heteroatoms. The van der Waals surface area contributed by atoms with E-state index in [1.807, 2.05) is 6.92 Å². The van der Waals surface area contributed by atoms with Crippen LogP contribution in [0.4, 0.5) is 26.5 Å². The largest absolute Gasteiger partial charge is 0.497 e. The minimum atomic E-state index is -0.842. The number of primary amides is 1. The van der Waals surface area contributed by atoms with Gasteiger partial charge in [-0.05, 0) is 52.5 Å². The molecule has 1 aromatic carbocycles. The zero-order valence-corrected chi connectivity index (χ0v) is 22.1. The van der Waals surface area contributed by atoms with E-state index in [9.17, 15) is 9.59 Å². The molecule has 2 aromatic rings. The van der Waals surface area contributed by atoms with E-state index in [-0.39, 0.29) is 29.2 Å². The molecule has 2 amide bonds. The van der Waals surface area contributed by atoms with E-state index in [1.54, 1.807) is 39.0 Å². The summed E-state index contributed by atoms with van der Waals surface area (Å²) in [4.78, 5) is 28.8. The molecule has 0 aliphatic heterocycles. The van der Waals surface area contributed by atoms with Crippen molar-refractivity contribution in [2.24, 2.45) is 11.7 Å². The lowest BCUT2D eigenvalue weighted by atomic mass is 9.77. The normalized spacial score (nSPS) is 15.1. The van der Waals surface area contributed by atoms with E-state index in [1.165, 1.54) is 14.2 Å². The Labute approximate surface area is 216 Å². The quantitative estimate of drug-likeness (QED) is 0.360. The van der Waals surface area contributed by atoms with Crippen molar-refractivity contribution in [1.29, 1.82) is 0 Å². The van der Waals surface area contributed by atoms with Gasteiger partial charge in [-0.2, -0.15) is 0 Å². The van der Waals surface area contributed by atoms with E-state index < -0.39 is 29.5 Å². The first-order chi connectivity index (χ1) is 17.4. The molecule has 0 spiro atoms. The number of carbonyl (C=O) groups excluding carboxylic acids is 2. The summed E-state index contributed by atoms with van der Waals surface area (Å²) in [6.07, 6.45) is 2.34. The van der Waals surface area contributed by atoms with Gasteiger partial charge in [0.1, 0.15) is 22.9 Å². The Morgan fingerprint density at radius 2 is 1.70 bits per heavy atom. The number of amides is 2. The fourth-order valence-corrected chi connectivity index (χ4v) is 4.08. The smallest absolute Gasteiger partial charge is 0.407 e. The Balaban J connectivity index is 1.91. The van der Waals surface area contributed by atoms with Gasteiger partial charge in [0.05, 0.1) is 25.8 Å². The number of ether oxygens (including phenoxy) is 3. The Bertz CT molecular complexity index is 1110. The van der Waals surface area contributed by atoms with Crippen LogP contribution in [0.2, 0.25) is 0 Å². The summed E-state index contributed by atoms with van der Waals surface area (Å²) in [7, 11) is 3.03. The maximum absolute atomic E-state index is 15.1. The first kappa shape index (κ1) is 27.8. The second kappa shape index (κ2) is 11.5. The van der Waals surface area contributed by atoms with Crippen molar-refractivity contribution in [2.45, 2.75) is 64.6 Å². The lowest BCUT2D eigenvalue weighted by Crippen LogP contribution is -2.51. The van der Waals surface area contributed by atoms with Crippen LogP contribution in [0.15, 0.2) is 24.3 Å². The molecule has 0 radical (unpaired) electrons. The van der Waals surface area contributed by atoms with Crippen molar-refractivity contribution in [3.05, 3.63) is 35.6 Å². The predicted molar refractivity (Wildman–Crippen MR) is 139 cm³/mol. The van der Waals surface area contributed by atoms with Crippen molar-refractivity contribution in [3.63, 3.8) is 0 Å². The molecule has 3 rings (SSSR count). The monoisotopic (exact) mass is 517 g/mol. The van der Waals surface area contributed by atoms with Gasteiger partial charge in [0.25, 0.3) is 5.91 Å². The minimum absolute atomic E-state index is 0.0619. The number of anilines is 3. The number of pyridine rings is 1. The number of nitrogens with one attached hydrogen (secondary N) is 3. The van der Waals surface area contributed by atoms with Crippen LogP contribution in [0.1, 0.15) is 57.3 Å². The number of methoxy groups -OCH3 is 2. The Kier molecular flexibility index (Phi) is 8.67. The summed E-state index contributed by atoms with van der Waals surface area (Å²) in [5.41, 5.74) is 5.25. The summed E-state index contributed by atoms with van der Waals surface area (Å²) >= 11 is 0. The number of aromatic nitrogens is 1. The second-order valence-electron chi connectivity index (χ2n) is 10.1. The molecule has 1 heterocycles. The molecule has 1 aliphatic rings. The fraction of sp³-hybridized carbons (Fsp3) is 0.500. The zero-order chi connectivity index (χ0) is 27.3. The number of alkyl carbamates (subject to hydrolysis) is 1. The van der Waals surface area contributed by atoms with E-state index in [4.69, 9.17) is 19.9 Å². The van der Waals surface area contributed by atoms with Crippen LogP contribution in [0.5, 0.6) is 11.5 Å². The number of benzene rings is 1. The summed E-state index contributed by atoms with van der Waals surface area (Å²) in [6, 6.07) is 5.36. The predicted octanol–water partition coefficient (Wildman–Crippen LogP) is 4.57. The first-order valence-electron chi connectivity index (χ1n) is 12.2. The van der Waals surface area contributed by atoms with Gasteiger partial charge in [-0.25, -0.2) is 14.2 Å². The summed E-state index contributed by atoms with van der Waals surface area (Å²) in [5, 5.41) is 9.02. The highest BCUT2D eigenvalue weighted by atomic mass is 19.1. The van der Waals surface area contributed by atoms with Crippen molar-refractivity contribution >= 4 is 29.3 Å². The molecule has 10 nitrogen and oxygen atoms in total. The fourth-order valence-electron chi connectivity index (χ4n) is 4.08. The maximum atomic E-state index is 15.1. The molecule has 0 unspecified atom stereocenters. The van der Waals surface area contributed by atoms with Crippen molar-refractivity contribution in [2.75, 3.05) is 24.9 Å². The third-order valence-corrected chi connectivity index (χ3v) is 6.10. The van der Waals surface area contributed by atoms with Crippen LogP contribution >= 0.6 is 0 Å². The third-order valence-electron chi connectivity index (χ3n) is 6.10. The number of carbonyl (C=O) groups is 2. The van der Waals surface area contributed by atoms with E-state index in [0.717, 1.165) is 25.3 Å². The van der Waals surface area contributed by atoms with Gasteiger partial charge in [-0.15, -0.1) is 0 Å². The van der Waals surface area contributed by atoms with E-state index in [0.29, 0.717) is 17.2 Å². The molecule has 0 bridgehead atoms.